The second-order valence-electron chi connectivity index (χ2n) is 7.76. The van der Waals surface area contributed by atoms with Gasteiger partial charge in [-0.05, 0) is 32.3 Å². The Bertz CT molecular complexity index is 1010. The zero-order chi connectivity index (χ0) is 24.6. The van der Waals surface area contributed by atoms with Gasteiger partial charge >= 0.3 is 18.3 Å². The van der Waals surface area contributed by atoms with Gasteiger partial charge in [0.15, 0.2) is 11.5 Å². The molecule has 33 heavy (non-hydrogen) atoms. The Balaban J connectivity index is 1.69. The van der Waals surface area contributed by atoms with E-state index in [4.69, 9.17) is 4.84 Å². The Morgan fingerprint density at radius 2 is 1.70 bits per heavy atom. The number of carbonyl (C=O) groups is 1. The van der Waals surface area contributed by atoms with Crippen molar-refractivity contribution in [2.75, 3.05) is 33.7 Å². The molecule has 0 radical (unpaired) electrons. The first kappa shape index (κ1) is 24.6. The van der Waals surface area contributed by atoms with Crippen LogP contribution < -0.4 is 0 Å². The maximum atomic E-state index is 14.2. The van der Waals surface area contributed by atoms with Crippen LogP contribution in [0.1, 0.15) is 11.1 Å². The molecule has 1 aromatic carbocycles. The smallest absolute Gasteiger partial charge is 0.364 e. The van der Waals surface area contributed by atoms with E-state index < -0.39 is 46.5 Å². The minimum Gasteiger partial charge on any atom is -0.364 e. The lowest BCUT2D eigenvalue weighted by molar-refractivity contribution is -0.240. The average Bonchev–Trinajstić information content (AvgIpc) is 3.12. The number of hydrogen-bond donors (Lipinski definition) is 0. The summed E-state index contributed by atoms with van der Waals surface area (Å²) in [5.41, 5.74) is -5.02. The molecule has 2 aromatic rings. The summed E-state index contributed by atoms with van der Waals surface area (Å²) in [4.78, 5) is 22.1. The third-order valence-electron chi connectivity index (χ3n) is 4.46. The molecule has 1 fully saturated rings. The number of alkyl halides is 7. The second kappa shape index (κ2) is 8.74. The van der Waals surface area contributed by atoms with Crippen LogP contribution in [0.25, 0.3) is 17.6 Å². The van der Waals surface area contributed by atoms with Gasteiger partial charge in [0.25, 0.3) is 0 Å². The first-order valence-electron chi connectivity index (χ1n) is 9.34. The molecule has 1 aliphatic heterocycles. The van der Waals surface area contributed by atoms with Crippen molar-refractivity contribution in [3.05, 3.63) is 41.7 Å². The standard InChI is InChI=1S/C19H18F7N5O2/c1-29(2)8-17(20)9-31(10-17)33-15(32)3-4-30-11-27-16(28-30)12-5-13(18(21,22)23)7-14(6-12)19(24,25)26/h3-7,11H,8-10H2,1-2H3/b4-3-. The van der Waals surface area contributed by atoms with E-state index in [1.54, 1.807) is 19.0 Å². The topological polar surface area (TPSA) is 63.5 Å². The molecule has 0 unspecified atom stereocenters. The molecule has 0 saturated carbocycles. The lowest BCUT2D eigenvalue weighted by atomic mass is 9.98. The predicted octanol–water partition coefficient (Wildman–Crippen LogP) is 3.50. The zero-order valence-corrected chi connectivity index (χ0v) is 17.3. The van der Waals surface area contributed by atoms with Gasteiger partial charge in [0.2, 0.25) is 0 Å². The van der Waals surface area contributed by atoms with Crippen molar-refractivity contribution in [2.24, 2.45) is 0 Å². The number of aromatic nitrogens is 3. The van der Waals surface area contributed by atoms with E-state index in [1.165, 1.54) is 0 Å². The lowest BCUT2D eigenvalue weighted by Gasteiger charge is -2.43. The monoisotopic (exact) mass is 481 g/mol. The molecule has 0 bridgehead atoms. The molecular formula is C19H18F7N5O2. The van der Waals surface area contributed by atoms with Gasteiger partial charge in [-0.1, -0.05) is 0 Å². The van der Waals surface area contributed by atoms with Gasteiger partial charge in [0.1, 0.15) is 6.33 Å². The molecule has 0 atom stereocenters. The second-order valence-corrected chi connectivity index (χ2v) is 7.76. The fraction of sp³-hybridized carbons (Fsp3) is 0.421. The van der Waals surface area contributed by atoms with Crippen molar-refractivity contribution in [3.63, 3.8) is 0 Å². The molecule has 0 spiro atoms. The van der Waals surface area contributed by atoms with Crippen LogP contribution in [-0.2, 0) is 22.0 Å². The van der Waals surface area contributed by atoms with Gasteiger partial charge < -0.3 is 9.74 Å². The number of benzene rings is 1. The summed E-state index contributed by atoms with van der Waals surface area (Å²) in [7, 11) is 3.41. The Kier molecular flexibility index (Phi) is 6.53. The van der Waals surface area contributed by atoms with Crippen molar-refractivity contribution < 1.29 is 40.4 Å². The van der Waals surface area contributed by atoms with Crippen LogP contribution in [0.3, 0.4) is 0 Å². The maximum Gasteiger partial charge on any atom is 0.416 e. The van der Waals surface area contributed by atoms with Gasteiger partial charge in [0, 0.05) is 24.4 Å². The summed E-state index contributed by atoms with van der Waals surface area (Å²) in [5.74, 6) is -1.30. The third kappa shape index (κ3) is 6.28. The predicted molar refractivity (Wildman–Crippen MR) is 101 cm³/mol. The third-order valence-corrected chi connectivity index (χ3v) is 4.46. The Hall–Kier alpha value is -3.00. The molecule has 0 amide bonds. The first-order chi connectivity index (χ1) is 15.1. The SMILES string of the molecule is CN(C)CC1(F)CN(OC(=O)/C=C\n2cnc(-c3cc(C(F)(F)F)cc(C(F)(F)F)c3)n2)C1. The highest BCUT2D eigenvalue weighted by atomic mass is 19.4. The van der Waals surface area contributed by atoms with Crippen molar-refractivity contribution >= 4 is 12.2 Å². The number of rotatable bonds is 6. The highest BCUT2D eigenvalue weighted by Crippen LogP contribution is 2.38. The number of halogens is 7. The van der Waals surface area contributed by atoms with Crippen LogP contribution in [0.2, 0.25) is 0 Å². The summed E-state index contributed by atoms with van der Waals surface area (Å²) in [5, 5.41) is 4.88. The van der Waals surface area contributed by atoms with E-state index in [2.05, 4.69) is 10.1 Å². The van der Waals surface area contributed by atoms with E-state index in [-0.39, 0.29) is 25.7 Å². The minimum absolute atomic E-state index is 0.00314. The molecule has 1 saturated heterocycles. The minimum atomic E-state index is -5.01. The van der Waals surface area contributed by atoms with Crippen LogP contribution >= 0.6 is 0 Å². The van der Waals surface area contributed by atoms with Gasteiger partial charge in [-0.25, -0.2) is 18.9 Å². The van der Waals surface area contributed by atoms with Crippen LogP contribution in [0, 0.1) is 0 Å². The number of hydroxylamine groups is 2. The summed E-state index contributed by atoms with van der Waals surface area (Å²) in [6.45, 7) is -0.0746. The molecule has 1 aromatic heterocycles. The van der Waals surface area contributed by atoms with Crippen molar-refractivity contribution in [1.82, 2.24) is 24.7 Å². The van der Waals surface area contributed by atoms with Crippen molar-refractivity contribution in [1.29, 1.82) is 0 Å². The zero-order valence-electron chi connectivity index (χ0n) is 17.3. The molecule has 14 heteroatoms. The fourth-order valence-corrected chi connectivity index (χ4v) is 3.17. The van der Waals surface area contributed by atoms with Gasteiger partial charge in [-0.2, -0.15) is 26.3 Å². The highest BCUT2D eigenvalue weighted by Gasteiger charge is 2.46. The summed E-state index contributed by atoms with van der Waals surface area (Å²) in [6, 6.07) is 0.984. The Morgan fingerprint density at radius 1 is 1.12 bits per heavy atom. The number of nitrogens with zero attached hydrogens (tertiary/aromatic N) is 5. The molecule has 2 heterocycles. The van der Waals surface area contributed by atoms with Crippen molar-refractivity contribution in [3.8, 4) is 11.4 Å². The summed E-state index contributed by atoms with van der Waals surface area (Å²) < 4.78 is 93.2. The normalized spacial score (nSPS) is 16.9. The molecule has 180 valence electrons. The largest absolute Gasteiger partial charge is 0.416 e. The lowest BCUT2D eigenvalue weighted by Crippen LogP contribution is -2.62. The molecular weight excluding hydrogens is 463 g/mol. The average molecular weight is 481 g/mol. The van der Waals surface area contributed by atoms with Crippen molar-refractivity contribution in [2.45, 2.75) is 18.0 Å². The van der Waals surface area contributed by atoms with Gasteiger partial charge in [0.05, 0.1) is 24.2 Å². The van der Waals surface area contributed by atoms with Crippen LogP contribution in [0.15, 0.2) is 30.6 Å². The van der Waals surface area contributed by atoms with Gasteiger partial charge in [-0.3, -0.25) is 0 Å². The number of hydrogen-bond acceptors (Lipinski definition) is 6. The van der Waals surface area contributed by atoms with E-state index in [1.807, 2.05) is 0 Å². The summed E-state index contributed by atoms with van der Waals surface area (Å²) in [6.07, 6.45) is -7.10. The molecule has 7 nitrogen and oxygen atoms in total. The first-order valence-corrected chi connectivity index (χ1v) is 9.34. The highest BCUT2D eigenvalue weighted by molar-refractivity contribution is 5.84. The molecule has 0 aliphatic carbocycles. The van der Waals surface area contributed by atoms with Crippen LogP contribution in [-0.4, -0.2) is 70.1 Å². The quantitative estimate of drug-likeness (QED) is 0.465. The fourth-order valence-electron chi connectivity index (χ4n) is 3.17. The van der Waals surface area contributed by atoms with E-state index in [0.717, 1.165) is 28.3 Å². The van der Waals surface area contributed by atoms with Crippen LogP contribution in [0.4, 0.5) is 30.7 Å². The number of carbonyl (C=O) groups excluding carboxylic acids is 1. The van der Waals surface area contributed by atoms with Crippen LogP contribution in [0.5, 0.6) is 0 Å². The Morgan fingerprint density at radius 3 is 2.21 bits per heavy atom. The molecule has 1 aliphatic rings. The van der Waals surface area contributed by atoms with Gasteiger partial charge in [-0.15, -0.1) is 10.2 Å². The molecule has 0 N–H and O–H groups in total. The van der Waals surface area contributed by atoms with E-state index in [9.17, 15) is 35.5 Å². The van der Waals surface area contributed by atoms with E-state index >= 15 is 0 Å². The van der Waals surface area contributed by atoms with E-state index in [0.29, 0.717) is 12.1 Å². The Labute approximate surface area is 183 Å². The molecule has 3 rings (SSSR count). The summed E-state index contributed by atoms with van der Waals surface area (Å²) >= 11 is 0. The maximum absolute atomic E-state index is 14.2.